The van der Waals surface area contributed by atoms with Crippen molar-refractivity contribution < 1.29 is 12.6 Å². The van der Waals surface area contributed by atoms with Crippen LogP contribution in [-0.4, -0.2) is 38.0 Å². The van der Waals surface area contributed by atoms with Gasteiger partial charge >= 0.3 is 39.7 Å². The van der Waals surface area contributed by atoms with Crippen molar-refractivity contribution in [1.82, 2.24) is 0 Å². The Morgan fingerprint density at radius 3 is 2.00 bits per heavy atom. The van der Waals surface area contributed by atoms with Crippen molar-refractivity contribution in [1.29, 1.82) is 0 Å². The summed E-state index contributed by atoms with van der Waals surface area (Å²) in [6.45, 7) is 0. The molecular weight excluding hydrogens is 283 g/mol. The number of benzene rings is 2. The van der Waals surface area contributed by atoms with Crippen molar-refractivity contribution in [3.8, 4) is 5.75 Å². The Hall–Kier alpha value is -0.520. The van der Waals surface area contributed by atoms with Crippen molar-refractivity contribution in [2.45, 2.75) is 4.90 Å². The molecule has 0 bridgehead atoms. The van der Waals surface area contributed by atoms with E-state index in [-0.39, 0.29) is 40.2 Å². The van der Waals surface area contributed by atoms with Crippen LogP contribution in [0.5, 0.6) is 5.75 Å². The zero-order chi connectivity index (χ0) is 12.3. The summed E-state index contributed by atoms with van der Waals surface area (Å²) in [5.41, 5.74) is 0. The van der Waals surface area contributed by atoms with Gasteiger partial charge in [0.05, 0.1) is 0 Å². The molecular formula is C12H10ClNaO3S. The van der Waals surface area contributed by atoms with Crippen LogP contribution < -0.4 is 4.18 Å². The van der Waals surface area contributed by atoms with E-state index in [9.17, 15) is 8.42 Å². The Morgan fingerprint density at radius 2 is 1.44 bits per heavy atom. The third kappa shape index (κ3) is 4.00. The molecule has 0 saturated heterocycles. The van der Waals surface area contributed by atoms with Gasteiger partial charge in [-0.15, -0.1) is 0 Å². The predicted molar refractivity (Wildman–Crippen MR) is 72.9 cm³/mol. The number of halogens is 1. The maximum absolute atomic E-state index is 11.8. The maximum atomic E-state index is 11.8. The van der Waals surface area contributed by atoms with Crippen LogP contribution in [0.4, 0.5) is 0 Å². The van der Waals surface area contributed by atoms with Gasteiger partial charge in [-0.3, -0.25) is 0 Å². The molecule has 0 atom stereocenters. The van der Waals surface area contributed by atoms with E-state index in [1.807, 2.05) is 0 Å². The summed E-state index contributed by atoms with van der Waals surface area (Å²) in [6, 6.07) is 14.1. The molecule has 0 spiro atoms. The fraction of sp³-hybridized carbons (Fsp3) is 0. The number of para-hydroxylation sites is 1. The predicted octanol–water partition coefficient (Wildman–Crippen LogP) is 2.46. The normalized spacial score (nSPS) is 10.5. The molecule has 0 saturated carbocycles. The summed E-state index contributed by atoms with van der Waals surface area (Å²) < 4.78 is 28.7. The molecule has 0 radical (unpaired) electrons. The molecule has 0 heterocycles. The third-order valence-corrected chi connectivity index (χ3v) is 3.56. The van der Waals surface area contributed by atoms with Crippen LogP contribution in [-0.2, 0) is 10.1 Å². The summed E-state index contributed by atoms with van der Waals surface area (Å²) in [6.07, 6.45) is 0. The first-order valence-electron chi connectivity index (χ1n) is 4.83. The van der Waals surface area contributed by atoms with Crippen molar-refractivity contribution in [3.05, 3.63) is 59.6 Å². The van der Waals surface area contributed by atoms with Crippen LogP contribution in [0.1, 0.15) is 0 Å². The van der Waals surface area contributed by atoms with E-state index in [0.717, 1.165) is 0 Å². The molecule has 90 valence electrons. The van der Waals surface area contributed by atoms with Crippen molar-refractivity contribution in [2.75, 3.05) is 0 Å². The summed E-state index contributed by atoms with van der Waals surface area (Å²) >= 11 is 5.69. The molecule has 6 heteroatoms. The van der Waals surface area contributed by atoms with E-state index in [1.54, 1.807) is 30.3 Å². The van der Waals surface area contributed by atoms with Crippen molar-refractivity contribution in [2.24, 2.45) is 0 Å². The number of hydrogen-bond donors (Lipinski definition) is 0. The average Bonchev–Trinajstić information content (AvgIpc) is 2.30. The molecule has 0 amide bonds. The van der Waals surface area contributed by atoms with Crippen LogP contribution in [0.2, 0.25) is 5.02 Å². The van der Waals surface area contributed by atoms with E-state index in [0.29, 0.717) is 5.02 Å². The fourth-order valence-corrected chi connectivity index (χ4v) is 2.31. The van der Waals surface area contributed by atoms with Gasteiger partial charge in [-0.2, -0.15) is 8.42 Å². The zero-order valence-electron chi connectivity index (χ0n) is 8.71. The van der Waals surface area contributed by atoms with Gasteiger partial charge in [0.1, 0.15) is 10.6 Å². The monoisotopic (exact) mass is 292 g/mol. The van der Waals surface area contributed by atoms with Gasteiger partial charge in [-0.1, -0.05) is 29.8 Å². The molecule has 2 aromatic rings. The molecule has 2 aromatic carbocycles. The van der Waals surface area contributed by atoms with Crippen molar-refractivity contribution in [3.63, 3.8) is 0 Å². The van der Waals surface area contributed by atoms with Crippen LogP contribution in [0.15, 0.2) is 59.5 Å². The summed E-state index contributed by atoms with van der Waals surface area (Å²) in [4.78, 5) is 0.0748. The first kappa shape index (κ1) is 15.5. The average molecular weight is 293 g/mol. The van der Waals surface area contributed by atoms with Crippen LogP contribution >= 0.6 is 11.6 Å². The standard InChI is InChI=1S/C12H9ClO3S.Na.H/c13-10-6-8-12(9-7-10)17(14,15)16-11-4-2-1-3-5-11;;/h1-9H;;. The molecule has 3 nitrogen and oxygen atoms in total. The van der Waals surface area contributed by atoms with Gasteiger partial charge in [-0.25, -0.2) is 0 Å². The molecule has 0 aliphatic carbocycles. The van der Waals surface area contributed by atoms with E-state index in [2.05, 4.69) is 0 Å². The molecule has 18 heavy (non-hydrogen) atoms. The van der Waals surface area contributed by atoms with E-state index in [1.165, 1.54) is 24.3 Å². The minimum atomic E-state index is -3.79. The summed E-state index contributed by atoms with van der Waals surface area (Å²) in [5.74, 6) is 0.280. The van der Waals surface area contributed by atoms with Gasteiger partial charge in [0.15, 0.2) is 0 Å². The third-order valence-electron chi connectivity index (χ3n) is 2.05. The number of rotatable bonds is 3. The quantitative estimate of drug-likeness (QED) is 0.645. The van der Waals surface area contributed by atoms with Gasteiger partial charge < -0.3 is 4.18 Å². The zero-order valence-corrected chi connectivity index (χ0v) is 10.3. The Labute approximate surface area is 133 Å². The first-order valence-corrected chi connectivity index (χ1v) is 6.62. The summed E-state index contributed by atoms with van der Waals surface area (Å²) in [7, 11) is -3.79. The molecule has 0 aliphatic heterocycles. The molecule has 0 unspecified atom stereocenters. The van der Waals surface area contributed by atoms with E-state index in [4.69, 9.17) is 15.8 Å². The molecule has 2 rings (SSSR count). The fourth-order valence-electron chi connectivity index (χ4n) is 1.25. The molecule has 0 N–H and O–H groups in total. The van der Waals surface area contributed by atoms with Gasteiger partial charge in [0.25, 0.3) is 0 Å². The second-order valence-corrected chi connectivity index (χ2v) is 5.29. The van der Waals surface area contributed by atoms with Crippen LogP contribution in [0, 0.1) is 0 Å². The Bertz CT molecular complexity index is 597. The van der Waals surface area contributed by atoms with E-state index >= 15 is 0 Å². The van der Waals surface area contributed by atoms with Crippen molar-refractivity contribution >= 4 is 51.3 Å². The van der Waals surface area contributed by atoms with Gasteiger partial charge in [0, 0.05) is 5.02 Å². The van der Waals surface area contributed by atoms with Crippen LogP contribution in [0.25, 0.3) is 0 Å². The Morgan fingerprint density at radius 1 is 0.889 bits per heavy atom. The first-order chi connectivity index (χ1) is 8.08. The second-order valence-electron chi connectivity index (χ2n) is 3.30. The number of hydrogen-bond acceptors (Lipinski definition) is 3. The summed E-state index contributed by atoms with van der Waals surface area (Å²) in [5, 5.41) is 0.476. The van der Waals surface area contributed by atoms with Gasteiger partial charge in [-0.05, 0) is 36.4 Å². The van der Waals surface area contributed by atoms with Gasteiger partial charge in [0.2, 0.25) is 0 Å². The van der Waals surface area contributed by atoms with Crippen LogP contribution in [0.3, 0.4) is 0 Å². The van der Waals surface area contributed by atoms with E-state index < -0.39 is 10.1 Å². The molecule has 0 aliphatic rings. The molecule has 0 fully saturated rings. The SMILES string of the molecule is O=S(=O)(Oc1ccccc1)c1ccc(Cl)cc1.[NaH]. The Kier molecular flexibility index (Phi) is 5.69. The minimum absolute atomic E-state index is 0. The Balaban J connectivity index is 0.00000162. The second kappa shape index (κ2) is 6.59. The topological polar surface area (TPSA) is 43.4 Å². The molecule has 0 aromatic heterocycles.